The average molecular weight is 342 g/mol. The molecule has 0 radical (unpaired) electrons. The lowest BCUT2D eigenvalue weighted by Crippen LogP contribution is -2.30. The first kappa shape index (κ1) is 18.6. The van der Waals surface area contributed by atoms with Crippen molar-refractivity contribution in [1.29, 1.82) is 0 Å². The van der Waals surface area contributed by atoms with Crippen LogP contribution in [0.1, 0.15) is 30.7 Å². The first-order valence-corrected chi connectivity index (χ1v) is 8.34. The maximum Gasteiger partial charge on any atom is 0.229 e. The summed E-state index contributed by atoms with van der Waals surface area (Å²) in [5, 5.41) is 2.95. The molecule has 1 unspecified atom stereocenters. The Morgan fingerprint density at radius 2 is 1.56 bits per heavy atom. The zero-order valence-corrected chi connectivity index (χ0v) is 15.5. The summed E-state index contributed by atoms with van der Waals surface area (Å²) in [6, 6.07) is 9.80. The van der Waals surface area contributed by atoms with E-state index in [4.69, 9.17) is 0 Å². The van der Waals surface area contributed by atoms with E-state index in [1.54, 1.807) is 0 Å². The monoisotopic (exact) mass is 342 g/mol. The van der Waals surface area contributed by atoms with E-state index in [0.717, 1.165) is 12.0 Å². The molecule has 2 rings (SSSR count). The van der Waals surface area contributed by atoms with Gasteiger partial charge in [-0.3, -0.25) is 4.79 Å². The second-order valence-electron chi connectivity index (χ2n) is 6.23. The minimum absolute atomic E-state index is 0.0214. The summed E-state index contributed by atoms with van der Waals surface area (Å²) in [6.07, 6.45) is 0.735. The second kappa shape index (κ2) is 8.41. The number of hydrogen-bond acceptors (Lipinski definition) is 6. The second-order valence-corrected chi connectivity index (χ2v) is 6.23. The summed E-state index contributed by atoms with van der Waals surface area (Å²) >= 11 is 0. The molecule has 0 saturated carbocycles. The number of anilines is 2. The van der Waals surface area contributed by atoms with Gasteiger partial charge in [-0.1, -0.05) is 37.3 Å². The van der Waals surface area contributed by atoms with Crippen molar-refractivity contribution in [3.63, 3.8) is 0 Å². The number of nitrogens with one attached hydrogen (secondary N) is 1. The van der Waals surface area contributed by atoms with E-state index in [1.165, 1.54) is 0 Å². The number of aromatic nitrogens is 3. The van der Waals surface area contributed by atoms with Gasteiger partial charge in [0.2, 0.25) is 17.8 Å². The molecule has 134 valence electrons. The predicted octanol–water partition coefficient (Wildman–Crippen LogP) is 1.81. The highest BCUT2D eigenvalue weighted by Crippen LogP contribution is 2.19. The Bertz CT molecular complexity index is 676. The van der Waals surface area contributed by atoms with Crippen molar-refractivity contribution in [2.75, 3.05) is 38.0 Å². The minimum Gasteiger partial charge on any atom is -0.348 e. The highest BCUT2D eigenvalue weighted by Gasteiger charge is 2.19. The number of carbonyl (C=O) groups is 1. The van der Waals surface area contributed by atoms with Gasteiger partial charge < -0.3 is 15.1 Å². The van der Waals surface area contributed by atoms with Crippen molar-refractivity contribution in [2.45, 2.75) is 25.8 Å². The molecule has 1 N–H and O–H groups in total. The SMILES string of the molecule is CCC(C(=O)NCc1nc(N(C)C)nc(N(C)C)n1)c1ccccc1. The number of carbonyl (C=O) groups excluding carboxylic acids is 1. The standard InChI is InChI=1S/C18H26N6O/c1-6-14(13-10-8-7-9-11-13)16(25)19-12-15-20-17(23(2)3)22-18(21-15)24(4)5/h7-11,14H,6,12H2,1-5H3,(H,19,25). The van der Waals surface area contributed by atoms with Crippen molar-refractivity contribution in [3.8, 4) is 0 Å². The fourth-order valence-corrected chi connectivity index (χ4v) is 2.42. The quantitative estimate of drug-likeness (QED) is 0.827. The van der Waals surface area contributed by atoms with Gasteiger partial charge in [0, 0.05) is 28.2 Å². The molecule has 0 aliphatic carbocycles. The van der Waals surface area contributed by atoms with Crippen LogP contribution in [0.2, 0.25) is 0 Å². The summed E-state index contributed by atoms with van der Waals surface area (Å²) in [5.74, 6) is 1.48. The van der Waals surface area contributed by atoms with Crippen molar-refractivity contribution >= 4 is 17.8 Å². The fraction of sp³-hybridized carbons (Fsp3) is 0.444. The smallest absolute Gasteiger partial charge is 0.229 e. The molecular formula is C18H26N6O. The topological polar surface area (TPSA) is 74.2 Å². The lowest BCUT2D eigenvalue weighted by molar-refractivity contribution is -0.122. The largest absolute Gasteiger partial charge is 0.348 e. The van der Waals surface area contributed by atoms with Crippen LogP contribution in [0.25, 0.3) is 0 Å². The fourth-order valence-electron chi connectivity index (χ4n) is 2.42. The molecule has 1 aromatic carbocycles. The summed E-state index contributed by atoms with van der Waals surface area (Å²) in [4.78, 5) is 29.4. The molecule has 7 heteroatoms. The molecule has 25 heavy (non-hydrogen) atoms. The molecule has 0 bridgehead atoms. The van der Waals surface area contributed by atoms with E-state index >= 15 is 0 Å². The van der Waals surface area contributed by atoms with Crippen molar-refractivity contribution in [3.05, 3.63) is 41.7 Å². The summed E-state index contributed by atoms with van der Waals surface area (Å²) in [6.45, 7) is 2.28. The van der Waals surface area contributed by atoms with E-state index in [1.807, 2.05) is 75.2 Å². The van der Waals surface area contributed by atoms with Gasteiger partial charge in [0.05, 0.1) is 12.5 Å². The van der Waals surface area contributed by atoms with Gasteiger partial charge in [0.25, 0.3) is 0 Å². The van der Waals surface area contributed by atoms with Crippen LogP contribution in [-0.4, -0.2) is 49.0 Å². The maximum absolute atomic E-state index is 12.6. The zero-order valence-electron chi connectivity index (χ0n) is 15.5. The molecule has 7 nitrogen and oxygen atoms in total. The molecule has 2 aromatic rings. The average Bonchev–Trinajstić information content (AvgIpc) is 2.61. The molecular weight excluding hydrogens is 316 g/mol. The van der Waals surface area contributed by atoms with Crippen LogP contribution in [0.5, 0.6) is 0 Å². The van der Waals surface area contributed by atoms with Crippen LogP contribution in [0.15, 0.2) is 30.3 Å². The van der Waals surface area contributed by atoms with Crippen LogP contribution in [0.4, 0.5) is 11.9 Å². The summed E-state index contributed by atoms with van der Waals surface area (Å²) < 4.78 is 0. The Hall–Kier alpha value is -2.70. The Kier molecular flexibility index (Phi) is 6.27. The van der Waals surface area contributed by atoms with E-state index < -0.39 is 0 Å². The van der Waals surface area contributed by atoms with Crippen molar-refractivity contribution < 1.29 is 4.79 Å². The van der Waals surface area contributed by atoms with Gasteiger partial charge in [-0.25, -0.2) is 0 Å². The van der Waals surface area contributed by atoms with Crippen molar-refractivity contribution in [1.82, 2.24) is 20.3 Å². The number of nitrogens with zero attached hydrogens (tertiary/aromatic N) is 5. The molecule has 1 amide bonds. The Morgan fingerprint density at radius 3 is 2.04 bits per heavy atom. The van der Waals surface area contributed by atoms with Gasteiger partial charge in [0.1, 0.15) is 0 Å². The van der Waals surface area contributed by atoms with Gasteiger partial charge in [-0.05, 0) is 12.0 Å². The van der Waals surface area contributed by atoms with E-state index in [-0.39, 0.29) is 18.4 Å². The highest BCUT2D eigenvalue weighted by atomic mass is 16.1. The third-order valence-corrected chi connectivity index (χ3v) is 3.81. The molecule has 0 aliphatic heterocycles. The number of hydrogen-bond donors (Lipinski definition) is 1. The van der Waals surface area contributed by atoms with E-state index in [2.05, 4.69) is 20.3 Å². The number of benzene rings is 1. The molecule has 0 aliphatic rings. The predicted molar refractivity (Wildman–Crippen MR) is 99.8 cm³/mol. The van der Waals surface area contributed by atoms with Crippen LogP contribution in [-0.2, 0) is 11.3 Å². The number of amides is 1. The first-order chi connectivity index (χ1) is 11.9. The zero-order chi connectivity index (χ0) is 18.4. The van der Waals surface area contributed by atoms with E-state index in [0.29, 0.717) is 17.7 Å². The Labute approximate surface area is 149 Å². The van der Waals surface area contributed by atoms with Crippen LogP contribution in [0, 0.1) is 0 Å². The summed E-state index contributed by atoms with van der Waals surface area (Å²) in [5.41, 5.74) is 1.01. The van der Waals surface area contributed by atoms with Gasteiger partial charge >= 0.3 is 0 Å². The van der Waals surface area contributed by atoms with Crippen molar-refractivity contribution in [2.24, 2.45) is 0 Å². The number of rotatable bonds is 7. The first-order valence-electron chi connectivity index (χ1n) is 8.34. The van der Waals surface area contributed by atoms with Crippen LogP contribution in [0.3, 0.4) is 0 Å². The van der Waals surface area contributed by atoms with Gasteiger partial charge in [-0.15, -0.1) is 0 Å². The molecule has 1 heterocycles. The maximum atomic E-state index is 12.6. The third-order valence-electron chi connectivity index (χ3n) is 3.81. The summed E-state index contributed by atoms with van der Waals surface area (Å²) in [7, 11) is 7.50. The Morgan fingerprint density at radius 1 is 1.00 bits per heavy atom. The lowest BCUT2D eigenvalue weighted by Gasteiger charge is -2.18. The highest BCUT2D eigenvalue weighted by molar-refractivity contribution is 5.83. The Balaban J connectivity index is 2.13. The molecule has 1 atom stereocenters. The molecule has 0 saturated heterocycles. The molecule has 0 spiro atoms. The van der Waals surface area contributed by atoms with Gasteiger partial charge in [-0.2, -0.15) is 15.0 Å². The van der Waals surface area contributed by atoms with Gasteiger partial charge in [0.15, 0.2) is 5.82 Å². The van der Waals surface area contributed by atoms with Crippen LogP contribution < -0.4 is 15.1 Å². The van der Waals surface area contributed by atoms with E-state index in [9.17, 15) is 4.79 Å². The molecule has 0 fully saturated rings. The third kappa shape index (κ3) is 4.89. The minimum atomic E-state index is -0.176. The normalized spacial score (nSPS) is 11.7. The molecule has 1 aromatic heterocycles. The lowest BCUT2D eigenvalue weighted by atomic mass is 9.96. The van der Waals surface area contributed by atoms with Crippen LogP contribution >= 0.6 is 0 Å².